The summed E-state index contributed by atoms with van der Waals surface area (Å²) in [7, 11) is 0. The monoisotopic (exact) mass is 225 g/mol. The Balaban J connectivity index is 1.81. The summed E-state index contributed by atoms with van der Waals surface area (Å²) in [4.78, 5) is 22.5. The Labute approximate surface area is 93.1 Å². The third-order valence-electron chi connectivity index (χ3n) is 2.94. The summed E-state index contributed by atoms with van der Waals surface area (Å²) < 4.78 is 0. The van der Waals surface area contributed by atoms with Crippen LogP contribution in [0.5, 0.6) is 0 Å². The van der Waals surface area contributed by atoms with Crippen molar-refractivity contribution in [3.63, 3.8) is 0 Å². The first-order chi connectivity index (χ1) is 7.65. The Morgan fingerprint density at radius 2 is 2.06 bits per heavy atom. The van der Waals surface area contributed by atoms with Crippen LogP contribution in [0, 0.1) is 0 Å². The largest absolute Gasteiger partial charge is 0.393 e. The lowest BCUT2D eigenvalue weighted by Crippen LogP contribution is -2.41. The minimum absolute atomic E-state index is 0.0567. The van der Waals surface area contributed by atoms with E-state index in [2.05, 4.69) is 15.8 Å². The lowest BCUT2D eigenvalue weighted by Gasteiger charge is -2.25. The molecule has 2 rings (SSSR count). The fourth-order valence-electron chi connectivity index (χ4n) is 1.98. The van der Waals surface area contributed by atoms with Crippen molar-refractivity contribution in [3.05, 3.63) is 0 Å². The van der Waals surface area contributed by atoms with Crippen molar-refractivity contribution in [2.24, 2.45) is 5.10 Å². The van der Waals surface area contributed by atoms with Gasteiger partial charge in [-0.3, -0.25) is 9.59 Å². The molecule has 1 fully saturated rings. The van der Waals surface area contributed by atoms with E-state index in [-0.39, 0.29) is 36.1 Å². The second-order valence-electron chi connectivity index (χ2n) is 4.25. The van der Waals surface area contributed by atoms with Gasteiger partial charge in [-0.1, -0.05) is 0 Å². The molecule has 0 aromatic heterocycles. The highest BCUT2D eigenvalue weighted by Crippen LogP contribution is 2.18. The molecule has 0 atom stereocenters. The van der Waals surface area contributed by atoms with Crippen LogP contribution < -0.4 is 10.7 Å². The highest BCUT2D eigenvalue weighted by molar-refractivity contribution is 6.43. The molecule has 0 unspecified atom stereocenters. The topological polar surface area (TPSA) is 90.8 Å². The molecule has 1 aliphatic heterocycles. The Bertz CT molecular complexity index is 332. The highest BCUT2D eigenvalue weighted by atomic mass is 16.3. The molecule has 1 heterocycles. The van der Waals surface area contributed by atoms with Gasteiger partial charge in [0.25, 0.3) is 5.91 Å². The molecule has 1 saturated carbocycles. The second kappa shape index (κ2) is 4.61. The molecule has 1 aliphatic carbocycles. The van der Waals surface area contributed by atoms with Crippen molar-refractivity contribution >= 4 is 17.5 Å². The summed E-state index contributed by atoms with van der Waals surface area (Å²) in [6.07, 6.45) is 2.81. The van der Waals surface area contributed by atoms with Crippen molar-refractivity contribution in [2.45, 2.75) is 44.2 Å². The molecule has 0 saturated heterocycles. The number of nitrogens with zero attached hydrogens (tertiary/aromatic N) is 1. The summed E-state index contributed by atoms with van der Waals surface area (Å²) in [5.41, 5.74) is 2.49. The smallest absolute Gasteiger partial charge is 0.268 e. The number of aliphatic hydroxyl groups is 1. The van der Waals surface area contributed by atoms with E-state index in [0.29, 0.717) is 12.8 Å². The first-order valence-electron chi connectivity index (χ1n) is 5.49. The number of hydrogen-bond donors (Lipinski definition) is 3. The molecular weight excluding hydrogens is 210 g/mol. The van der Waals surface area contributed by atoms with Crippen molar-refractivity contribution < 1.29 is 14.7 Å². The van der Waals surface area contributed by atoms with Crippen molar-refractivity contribution in [2.75, 3.05) is 0 Å². The third kappa shape index (κ3) is 2.57. The van der Waals surface area contributed by atoms with Crippen LogP contribution in [0.2, 0.25) is 0 Å². The molecule has 6 nitrogen and oxygen atoms in total. The van der Waals surface area contributed by atoms with Crippen molar-refractivity contribution in [1.29, 1.82) is 0 Å². The summed E-state index contributed by atoms with van der Waals surface area (Å²) in [5, 5.41) is 15.8. The number of carbonyl (C=O) groups is 2. The van der Waals surface area contributed by atoms with E-state index in [0.717, 1.165) is 12.8 Å². The van der Waals surface area contributed by atoms with Crippen LogP contribution in [0.3, 0.4) is 0 Å². The van der Waals surface area contributed by atoms with Gasteiger partial charge in [-0.25, -0.2) is 5.43 Å². The van der Waals surface area contributed by atoms with Crippen LogP contribution in [-0.4, -0.2) is 34.8 Å². The van der Waals surface area contributed by atoms with Gasteiger partial charge in [-0.15, -0.1) is 0 Å². The maximum absolute atomic E-state index is 11.6. The molecular formula is C10H15N3O3. The number of nitrogens with one attached hydrogen (secondary N) is 2. The molecule has 2 amide bonds. The summed E-state index contributed by atoms with van der Waals surface area (Å²) in [5.74, 6) is -0.524. The Hall–Kier alpha value is -1.43. The van der Waals surface area contributed by atoms with Crippen LogP contribution in [0.25, 0.3) is 0 Å². The van der Waals surface area contributed by atoms with Gasteiger partial charge < -0.3 is 10.4 Å². The Kier molecular flexibility index (Phi) is 3.19. The van der Waals surface area contributed by atoms with Gasteiger partial charge in [0.05, 0.1) is 12.5 Å². The minimum Gasteiger partial charge on any atom is -0.393 e. The number of rotatable bonds is 2. The lowest BCUT2D eigenvalue weighted by molar-refractivity contribution is -0.120. The van der Waals surface area contributed by atoms with Crippen LogP contribution in [-0.2, 0) is 9.59 Å². The molecule has 2 aliphatic rings. The average molecular weight is 225 g/mol. The van der Waals surface area contributed by atoms with Gasteiger partial charge in [-0.2, -0.15) is 5.10 Å². The molecule has 16 heavy (non-hydrogen) atoms. The van der Waals surface area contributed by atoms with Crippen LogP contribution in [0.4, 0.5) is 0 Å². The first kappa shape index (κ1) is 11.1. The highest BCUT2D eigenvalue weighted by Gasteiger charge is 2.25. The predicted molar refractivity (Wildman–Crippen MR) is 56.6 cm³/mol. The van der Waals surface area contributed by atoms with Gasteiger partial charge in [0.15, 0.2) is 0 Å². The Morgan fingerprint density at radius 1 is 1.38 bits per heavy atom. The molecule has 0 aromatic rings. The van der Waals surface area contributed by atoms with E-state index < -0.39 is 0 Å². The first-order valence-corrected chi connectivity index (χ1v) is 5.49. The maximum atomic E-state index is 11.6. The fraction of sp³-hybridized carbons (Fsp3) is 0.700. The SMILES string of the molecule is O=C1CC(C(=O)NC2CCC(O)CC2)=NN1. The normalized spacial score (nSPS) is 29.6. The third-order valence-corrected chi connectivity index (χ3v) is 2.94. The summed E-state index contributed by atoms with van der Waals surface area (Å²) in [6, 6.07) is 0.0919. The molecule has 0 spiro atoms. The average Bonchev–Trinajstić information content (AvgIpc) is 2.68. The van der Waals surface area contributed by atoms with Crippen LogP contribution in [0.15, 0.2) is 5.10 Å². The maximum Gasteiger partial charge on any atom is 0.268 e. The predicted octanol–water partition coefficient (Wildman–Crippen LogP) is -0.718. The number of amides is 2. The number of hydrogen-bond acceptors (Lipinski definition) is 4. The number of aliphatic hydroxyl groups excluding tert-OH is 1. The van der Waals surface area contributed by atoms with Gasteiger partial charge >= 0.3 is 0 Å². The van der Waals surface area contributed by atoms with Crippen molar-refractivity contribution in [3.8, 4) is 0 Å². The summed E-state index contributed by atoms with van der Waals surface area (Å²) >= 11 is 0. The quantitative estimate of drug-likeness (QED) is 0.579. The summed E-state index contributed by atoms with van der Waals surface area (Å²) in [6.45, 7) is 0. The van der Waals surface area contributed by atoms with Gasteiger partial charge in [0, 0.05) is 6.04 Å². The second-order valence-corrected chi connectivity index (χ2v) is 4.25. The van der Waals surface area contributed by atoms with Crippen molar-refractivity contribution in [1.82, 2.24) is 10.7 Å². The molecule has 0 radical (unpaired) electrons. The van der Waals surface area contributed by atoms with Gasteiger partial charge in [-0.05, 0) is 25.7 Å². The van der Waals surface area contributed by atoms with E-state index in [1.54, 1.807) is 0 Å². The zero-order valence-corrected chi connectivity index (χ0v) is 8.90. The standard InChI is InChI=1S/C10H15N3O3/c14-7-3-1-6(2-4-7)11-10(16)8-5-9(15)13-12-8/h6-7,14H,1-5H2,(H,11,16)(H,13,15). The number of carbonyl (C=O) groups excluding carboxylic acids is 2. The van der Waals surface area contributed by atoms with E-state index in [1.165, 1.54) is 0 Å². The van der Waals surface area contributed by atoms with E-state index >= 15 is 0 Å². The van der Waals surface area contributed by atoms with E-state index in [4.69, 9.17) is 0 Å². The van der Waals surface area contributed by atoms with Gasteiger partial charge in [0.2, 0.25) is 5.91 Å². The zero-order valence-electron chi connectivity index (χ0n) is 8.90. The zero-order chi connectivity index (χ0) is 11.5. The molecule has 0 bridgehead atoms. The minimum atomic E-state index is -0.278. The molecule has 3 N–H and O–H groups in total. The fourth-order valence-corrected chi connectivity index (χ4v) is 1.98. The van der Waals surface area contributed by atoms with E-state index in [1.807, 2.05) is 0 Å². The Morgan fingerprint density at radius 3 is 2.62 bits per heavy atom. The van der Waals surface area contributed by atoms with Crippen LogP contribution >= 0.6 is 0 Å². The van der Waals surface area contributed by atoms with E-state index in [9.17, 15) is 14.7 Å². The molecule has 88 valence electrons. The number of hydrazone groups is 1. The van der Waals surface area contributed by atoms with Crippen LogP contribution in [0.1, 0.15) is 32.1 Å². The molecule has 6 heteroatoms. The molecule has 0 aromatic carbocycles. The van der Waals surface area contributed by atoms with Gasteiger partial charge in [0.1, 0.15) is 5.71 Å². The lowest BCUT2D eigenvalue weighted by atomic mass is 9.93.